The van der Waals surface area contributed by atoms with Crippen LogP contribution in [0.25, 0.3) is 0 Å². The summed E-state index contributed by atoms with van der Waals surface area (Å²) in [6.07, 6.45) is 0. The second-order valence-corrected chi connectivity index (χ2v) is 5.20. The van der Waals surface area contributed by atoms with E-state index < -0.39 is 17.5 Å². The van der Waals surface area contributed by atoms with E-state index >= 15 is 0 Å². The third-order valence-corrected chi connectivity index (χ3v) is 3.43. The highest BCUT2D eigenvalue weighted by Crippen LogP contribution is 2.25. The number of halogens is 4. The van der Waals surface area contributed by atoms with E-state index in [1.54, 1.807) is 0 Å². The summed E-state index contributed by atoms with van der Waals surface area (Å²) in [6.45, 7) is 0. The Morgan fingerprint density at radius 3 is 2.60 bits per heavy atom. The maximum atomic E-state index is 13.6. The smallest absolute Gasteiger partial charge is 0.257 e. The molecule has 1 amide bonds. The molecule has 2 rings (SSSR count). The SMILES string of the molecule is Nc1ccc(Cl)c(C(=O)Nc2cc(Br)c(F)cc2F)c1. The summed E-state index contributed by atoms with van der Waals surface area (Å²) < 4.78 is 26.7. The lowest BCUT2D eigenvalue weighted by molar-refractivity contribution is 0.102. The van der Waals surface area contributed by atoms with Gasteiger partial charge >= 0.3 is 0 Å². The maximum absolute atomic E-state index is 13.6. The van der Waals surface area contributed by atoms with Crippen molar-refractivity contribution in [3.05, 3.63) is 57.0 Å². The van der Waals surface area contributed by atoms with Crippen LogP contribution in [-0.2, 0) is 0 Å². The molecule has 0 atom stereocenters. The van der Waals surface area contributed by atoms with E-state index in [4.69, 9.17) is 17.3 Å². The highest BCUT2D eigenvalue weighted by Gasteiger charge is 2.15. The number of amides is 1. The Kier molecular flexibility index (Phi) is 4.25. The largest absolute Gasteiger partial charge is 0.399 e. The van der Waals surface area contributed by atoms with Crippen molar-refractivity contribution in [1.29, 1.82) is 0 Å². The van der Waals surface area contributed by atoms with Crippen molar-refractivity contribution in [3.8, 4) is 0 Å². The van der Waals surface area contributed by atoms with E-state index in [0.29, 0.717) is 11.8 Å². The Morgan fingerprint density at radius 2 is 1.90 bits per heavy atom. The molecular weight excluding hydrogens is 354 g/mol. The van der Waals surface area contributed by atoms with Crippen LogP contribution in [0.2, 0.25) is 5.02 Å². The molecule has 2 aromatic carbocycles. The lowest BCUT2D eigenvalue weighted by Crippen LogP contribution is -2.14. The minimum Gasteiger partial charge on any atom is -0.399 e. The molecule has 0 saturated carbocycles. The van der Waals surface area contributed by atoms with Gasteiger partial charge in [-0.2, -0.15) is 0 Å². The van der Waals surface area contributed by atoms with Gasteiger partial charge in [0.15, 0.2) is 0 Å². The van der Waals surface area contributed by atoms with Crippen LogP contribution in [0.15, 0.2) is 34.8 Å². The van der Waals surface area contributed by atoms with Gasteiger partial charge in [0, 0.05) is 11.8 Å². The minimum absolute atomic E-state index is 0.0351. The molecule has 104 valence electrons. The number of anilines is 2. The van der Waals surface area contributed by atoms with Crippen LogP contribution < -0.4 is 11.1 Å². The molecule has 0 spiro atoms. The predicted octanol–water partition coefficient (Wildman–Crippen LogP) is 4.22. The van der Waals surface area contributed by atoms with Crippen molar-refractivity contribution in [3.63, 3.8) is 0 Å². The lowest BCUT2D eigenvalue weighted by Gasteiger charge is -2.09. The lowest BCUT2D eigenvalue weighted by atomic mass is 10.2. The molecule has 7 heteroatoms. The van der Waals surface area contributed by atoms with Gasteiger partial charge in [-0.05, 0) is 40.2 Å². The highest BCUT2D eigenvalue weighted by atomic mass is 79.9. The summed E-state index contributed by atoms with van der Waals surface area (Å²) in [6, 6.07) is 6.16. The molecule has 0 aliphatic rings. The zero-order chi connectivity index (χ0) is 14.9. The van der Waals surface area contributed by atoms with Gasteiger partial charge < -0.3 is 11.1 Å². The van der Waals surface area contributed by atoms with Crippen molar-refractivity contribution in [2.75, 3.05) is 11.1 Å². The second kappa shape index (κ2) is 5.76. The van der Waals surface area contributed by atoms with Crippen molar-refractivity contribution in [2.24, 2.45) is 0 Å². The first-order valence-corrected chi connectivity index (χ1v) is 6.56. The van der Waals surface area contributed by atoms with Gasteiger partial charge in [-0.3, -0.25) is 4.79 Å². The van der Waals surface area contributed by atoms with Crippen LogP contribution in [0.3, 0.4) is 0 Å². The molecule has 0 bridgehead atoms. The van der Waals surface area contributed by atoms with Gasteiger partial charge in [0.1, 0.15) is 11.6 Å². The van der Waals surface area contributed by atoms with Gasteiger partial charge in [0.25, 0.3) is 5.91 Å². The summed E-state index contributed by atoms with van der Waals surface area (Å²) in [5, 5.41) is 2.49. The third-order valence-electron chi connectivity index (χ3n) is 2.49. The molecule has 0 aromatic heterocycles. The Hall–Kier alpha value is -1.66. The Labute approximate surface area is 126 Å². The van der Waals surface area contributed by atoms with Crippen molar-refractivity contribution in [2.45, 2.75) is 0 Å². The Morgan fingerprint density at radius 1 is 1.20 bits per heavy atom. The first kappa shape index (κ1) is 14.7. The predicted molar refractivity (Wildman–Crippen MR) is 77.9 cm³/mol. The van der Waals surface area contributed by atoms with E-state index in [1.807, 2.05) is 0 Å². The summed E-state index contributed by atoms with van der Waals surface area (Å²) >= 11 is 8.79. The van der Waals surface area contributed by atoms with E-state index in [9.17, 15) is 13.6 Å². The Bertz CT molecular complexity index is 694. The molecule has 3 nitrogen and oxygen atoms in total. The van der Waals surface area contributed by atoms with Crippen LogP contribution in [0.5, 0.6) is 0 Å². The fourth-order valence-electron chi connectivity index (χ4n) is 1.52. The van der Waals surface area contributed by atoms with Crippen molar-refractivity contribution in [1.82, 2.24) is 0 Å². The van der Waals surface area contributed by atoms with Gasteiger partial charge in [-0.25, -0.2) is 8.78 Å². The molecule has 0 radical (unpaired) electrons. The number of benzene rings is 2. The number of hydrogen-bond donors (Lipinski definition) is 2. The van der Waals surface area contributed by atoms with E-state index in [2.05, 4.69) is 21.2 Å². The maximum Gasteiger partial charge on any atom is 0.257 e. The van der Waals surface area contributed by atoms with E-state index in [0.717, 1.165) is 6.07 Å². The van der Waals surface area contributed by atoms with Crippen LogP contribution in [-0.4, -0.2) is 5.91 Å². The molecule has 0 aliphatic heterocycles. The number of nitrogens with two attached hydrogens (primary N) is 1. The number of carbonyl (C=O) groups excluding carboxylic acids is 1. The monoisotopic (exact) mass is 360 g/mol. The van der Waals surface area contributed by atoms with Crippen molar-refractivity contribution < 1.29 is 13.6 Å². The van der Waals surface area contributed by atoms with E-state index in [1.165, 1.54) is 18.2 Å². The first-order valence-electron chi connectivity index (χ1n) is 5.39. The van der Waals surface area contributed by atoms with Gasteiger partial charge in [-0.15, -0.1) is 0 Å². The van der Waals surface area contributed by atoms with Crippen molar-refractivity contribution >= 4 is 44.8 Å². The molecule has 0 fully saturated rings. The standard InChI is InChI=1S/C13H8BrClF2N2O/c14-8-4-12(11(17)5-10(8)16)19-13(20)7-3-6(18)1-2-9(7)15/h1-5H,18H2,(H,19,20). The van der Waals surface area contributed by atoms with Gasteiger partial charge in [0.05, 0.1) is 20.7 Å². The first-order chi connectivity index (χ1) is 9.38. The third kappa shape index (κ3) is 3.08. The van der Waals surface area contributed by atoms with Crippen LogP contribution in [0, 0.1) is 11.6 Å². The topological polar surface area (TPSA) is 55.1 Å². The van der Waals surface area contributed by atoms with E-state index in [-0.39, 0.29) is 20.7 Å². The number of nitrogen functional groups attached to an aromatic ring is 1. The number of rotatable bonds is 2. The fourth-order valence-corrected chi connectivity index (χ4v) is 2.07. The molecule has 0 saturated heterocycles. The van der Waals surface area contributed by atoms with Gasteiger partial charge in [0.2, 0.25) is 0 Å². The molecule has 3 N–H and O–H groups in total. The fraction of sp³-hybridized carbons (Fsp3) is 0. The molecule has 0 heterocycles. The number of hydrogen-bond acceptors (Lipinski definition) is 2. The summed E-state index contributed by atoms with van der Waals surface area (Å²) in [5.41, 5.74) is 5.85. The molecule has 2 aromatic rings. The molecule has 0 unspecified atom stereocenters. The van der Waals surface area contributed by atoms with Crippen LogP contribution in [0.4, 0.5) is 20.2 Å². The molecular formula is C13H8BrClF2N2O. The summed E-state index contributed by atoms with van der Waals surface area (Å²) in [7, 11) is 0. The second-order valence-electron chi connectivity index (χ2n) is 3.94. The highest BCUT2D eigenvalue weighted by molar-refractivity contribution is 9.10. The average molecular weight is 362 g/mol. The number of carbonyl (C=O) groups is 1. The summed E-state index contributed by atoms with van der Waals surface area (Å²) in [5.74, 6) is -2.29. The number of nitrogens with one attached hydrogen (secondary N) is 1. The normalized spacial score (nSPS) is 10.4. The quantitative estimate of drug-likeness (QED) is 0.622. The minimum atomic E-state index is -0.890. The zero-order valence-electron chi connectivity index (χ0n) is 9.88. The van der Waals surface area contributed by atoms with Crippen LogP contribution >= 0.6 is 27.5 Å². The zero-order valence-corrected chi connectivity index (χ0v) is 12.2. The average Bonchev–Trinajstić information content (AvgIpc) is 2.38. The molecule has 20 heavy (non-hydrogen) atoms. The van der Waals surface area contributed by atoms with Gasteiger partial charge in [-0.1, -0.05) is 11.6 Å². The van der Waals surface area contributed by atoms with Crippen LogP contribution in [0.1, 0.15) is 10.4 Å². The Balaban J connectivity index is 2.32. The summed E-state index contributed by atoms with van der Waals surface area (Å²) in [4.78, 5) is 12.0. The molecule has 0 aliphatic carbocycles.